The number of aromatic nitrogens is 2. The first-order valence-corrected chi connectivity index (χ1v) is 10.0. The smallest absolute Gasteiger partial charge is 0.230 e. The van der Waals surface area contributed by atoms with E-state index in [9.17, 15) is 9.90 Å². The summed E-state index contributed by atoms with van der Waals surface area (Å²) < 4.78 is 1.89. The van der Waals surface area contributed by atoms with Crippen molar-refractivity contribution in [1.82, 2.24) is 9.78 Å². The van der Waals surface area contributed by atoms with Gasteiger partial charge in [-0.15, -0.1) is 0 Å². The molecule has 4 bridgehead atoms. The second kappa shape index (κ2) is 5.68. The Balaban J connectivity index is 1.45. The van der Waals surface area contributed by atoms with E-state index in [0.717, 1.165) is 48.4 Å². The minimum absolute atomic E-state index is 0.0776. The number of nitrogens with one attached hydrogen (secondary N) is 1. The Morgan fingerprint density at radius 2 is 1.81 bits per heavy atom. The van der Waals surface area contributed by atoms with Crippen LogP contribution in [0.4, 0.5) is 5.69 Å². The van der Waals surface area contributed by atoms with Crippen LogP contribution in [-0.2, 0) is 4.79 Å². The van der Waals surface area contributed by atoms with Crippen LogP contribution in [0.2, 0.25) is 0 Å². The van der Waals surface area contributed by atoms with Crippen LogP contribution in [0.15, 0.2) is 30.3 Å². The number of carbonyl (C=O) groups excluding carboxylic acids is 1. The van der Waals surface area contributed by atoms with Crippen molar-refractivity contribution in [3.05, 3.63) is 41.7 Å². The van der Waals surface area contributed by atoms with Gasteiger partial charge < -0.3 is 10.4 Å². The predicted molar refractivity (Wildman–Crippen MR) is 104 cm³/mol. The highest BCUT2D eigenvalue weighted by Gasteiger charge is 2.60. The van der Waals surface area contributed by atoms with Gasteiger partial charge in [0.2, 0.25) is 5.91 Å². The van der Waals surface area contributed by atoms with Crippen molar-refractivity contribution in [2.24, 2.45) is 17.3 Å². The number of amides is 1. The largest absolute Gasteiger partial charge is 0.390 e. The van der Waals surface area contributed by atoms with Gasteiger partial charge in [0, 0.05) is 0 Å². The topological polar surface area (TPSA) is 67.2 Å². The third-order valence-electron chi connectivity index (χ3n) is 7.04. The molecule has 0 aliphatic heterocycles. The number of benzene rings is 1. The Morgan fingerprint density at radius 3 is 2.44 bits per heavy atom. The number of anilines is 1. The molecule has 4 aliphatic carbocycles. The van der Waals surface area contributed by atoms with E-state index in [-0.39, 0.29) is 5.91 Å². The highest BCUT2D eigenvalue weighted by molar-refractivity contribution is 5.96. The number of aryl methyl sites for hydroxylation is 1. The number of nitrogens with zero attached hydrogens (tertiary/aromatic N) is 2. The lowest BCUT2D eigenvalue weighted by molar-refractivity contribution is -0.174. The van der Waals surface area contributed by atoms with Gasteiger partial charge in [0.05, 0.1) is 33.8 Å². The maximum absolute atomic E-state index is 13.4. The maximum atomic E-state index is 13.4. The summed E-state index contributed by atoms with van der Waals surface area (Å²) in [4.78, 5) is 13.4. The van der Waals surface area contributed by atoms with E-state index in [2.05, 4.69) is 10.4 Å². The number of carbonyl (C=O) groups is 1. The molecule has 5 heteroatoms. The number of hydrogen-bond donors (Lipinski definition) is 2. The molecule has 0 saturated heterocycles. The molecular weight excluding hydrogens is 338 g/mol. The fourth-order valence-corrected chi connectivity index (χ4v) is 6.37. The first-order chi connectivity index (χ1) is 12.9. The second-order valence-electron chi connectivity index (χ2n) is 9.21. The van der Waals surface area contributed by atoms with E-state index < -0.39 is 11.0 Å². The van der Waals surface area contributed by atoms with Gasteiger partial charge in [0.15, 0.2) is 0 Å². The summed E-state index contributed by atoms with van der Waals surface area (Å²) >= 11 is 0. The first-order valence-electron chi connectivity index (χ1n) is 10.0. The van der Waals surface area contributed by atoms with Crippen molar-refractivity contribution in [1.29, 1.82) is 0 Å². The Labute approximate surface area is 159 Å². The molecule has 0 radical (unpaired) electrons. The van der Waals surface area contributed by atoms with Crippen LogP contribution in [0.3, 0.4) is 0 Å². The summed E-state index contributed by atoms with van der Waals surface area (Å²) in [5, 5.41) is 18.8. The quantitative estimate of drug-likeness (QED) is 0.870. The molecule has 2 N–H and O–H groups in total. The molecule has 142 valence electrons. The van der Waals surface area contributed by atoms with Crippen molar-refractivity contribution in [2.75, 3.05) is 5.32 Å². The van der Waals surface area contributed by atoms with Gasteiger partial charge in [0.25, 0.3) is 0 Å². The standard InChI is InChI=1S/C22H27N3O2/c1-14-19(15(2)25(24-14)18-6-4-3-5-7-18)23-20(26)21-9-16-8-17(10-21)12-22(27,11-16)13-21/h3-7,16-17,27H,8-13H2,1-2H3,(H,23,26). The predicted octanol–water partition coefficient (Wildman–Crippen LogP) is 3.76. The molecule has 5 nitrogen and oxygen atoms in total. The lowest BCUT2D eigenvalue weighted by atomic mass is 9.47. The zero-order valence-electron chi connectivity index (χ0n) is 16.0. The van der Waals surface area contributed by atoms with Gasteiger partial charge in [0.1, 0.15) is 0 Å². The van der Waals surface area contributed by atoms with Crippen LogP contribution in [0, 0.1) is 31.1 Å². The minimum atomic E-state index is -0.625. The molecule has 1 aromatic carbocycles. The molecule has 2 atom stereocenters. The van der Waals surface area contributed by atoms with Crippen molar-refractivity contribution in [2.45, 2.75) is 58.0 Å². The van der Waals surface area contributed by atoms with Gasteiger partial charge in [-0.1, -0.05) is 18.2 Å². The van der Waals surface area contributed by atoms with Crippen LogP contribution in [-0.4, -0.2) is 26.4 Å². The summed E-state index contributed by atoms with van der Waals surface area (Å²) in [6, 6.07) is 9.98. The Bertz CT molecular complexity index is 888. The molecule has 2 aromatic rings. The van der Waals surface area contributed by atoms with Gasteiger partial charge >= 0.3 is 0 Å². The molecule has 2 unspecified atom stereocenters. The van der Waals surface area contributed by atoms with Crippen LogP contribution >= 0.6 is 0 Å². The maximum Gasteiger partial charge on any atom is 0.230 e. The SMILES string of the molecule is Cc1nn(-c2ccccc2)c(C)c1NC(=O)C12CC3CC(CC(O)(C3)C1)C2. The highest BCUT2D eigenvalue weighted by Crippen LogP contribution is 2.61. The fraction of sp³-hybridized carbons (Fsp3) is 0.545. The highest BCUT2D eigenvalue weighted by atomic mass is 16.3. The molecule has 0 spiro atoms. The van der Waals surface area contributed by atoms with Crippen molar-refractivity contribution < 1.29 is 9.90 Å². The lowest BCUT2D eigenvalue weighted by Crippen LogP contribution is -2.59. The average molecular weight is 365 g/mol. The zero-order chi connectivity index (χ0) is 18.8. The van der Waals surface area contributed by atoms with E-state index in [1.54, 1.807) is 0 Å². The molecule has 4 fully saturated rings. The summed E-state index contributed by atoms with van der Waals surface area (Å²) in [5.74, 6) is 1.07. The molecule has 1 heterocycles. The molecule has 4 aliphatic rings. The Kier molecular flexibility index (Phi) is 3.57. The second-order valence-corrected chi connectivity index (χ2v) is 9.21. The van der Waals surface area contributed by atoms with Gasteiger partial charge in [-0.05, 0) is 76.3 Å². The minimum Gasteiger partial charge on any atom is -0.390 e. The number of para-hydroxylation sites is 1. The normalized spacial score (nSPS) is 34.0. The summed E-state index contributed by atoms with van der Waals surface area (Å²) in [5.41, 5.74) is 2.53. The van der Waals surface area contributed by atoms with Crippen LogP contribution in [0.25, 0.3) is 5.69 Å². The lowest BCUT2D eigenvalue weighted by Gasteiger charge is -2.59. The Morgan fingerprint density at radius 1 is 1.15 bits per heavy atom. The monoisotopic (exact) mass is 365 g/mol. The van der Waals surface area contributed by atoms with E-state index in [1.807, 2.05) is 48.9 Å². The number of hydrogen-bond acceptors (Lipinski definition) is 3. The number of rotatable bonds is 3. The van der Waals surface area contributed by atoms with Gasteiger partial charge in [-0.25, -0.2) is 4.68 Å². The van der Waals surface area contributed by atoms with E-state index in [1.165, 1.54) is 6.42 Å². The van der Waals surface area contributed by atoms with Gasteiger partial charge in [-0.2, -0.15) is 5.10 Å². The van der Waals surface area contributed by atoms with Crippen LogP contribution in [0.5, 0.6) is 0 Å². The van der Waals surface area contributed by atoms with E-state index >= 15 is 0 Å². The number of aliphatic hydroxyl groups is 1. The van der Waals surface area contributed by atoms with E-state index in [4.69, 9.17) is 0 Å². The van der Waals surface area contributed by atoms with Crippen molar-refractivity contribution in [3.8, 4) is 5.69 Å². The van der Waals surface area contributed by atoms with Crippen molar-refractivity contribution >= 4 is 11.6 Å². The molecule has 1 aromatic heterocycles. The molecule has 27 heavy (non-hydrogen) atoms. The van der Waals surface area contributed by atoms with Crippen LogP contribution in [0.1, 0.15) is 49.9 Å². The third kappa shape index (κ3) is 2.63. The summed E-state index contributed by atoms with van der Waals surface area (Å²) in [7, 11) is 0. The zero-order valence-corrected chi connectivity index (χ0v) is 16.0. The van der Waals surface area contributed by atoms with Crippen molar-refractivity contribution in [3.63, 3.8) is 0 Å². The molecular formula is C22H27N3O2. The van der Waals surface area contributed by atoms with Gasteiger partial charge in [-0.3, -0.25) is 4.79 Å². The first kappa shape index (κ1) is 17.0. The van der Waals surface area contributed by atoms with Crippen LogP contribution < -0.4 is 5.32 Å². The molecule has 1 amide bonds. The third-order valence-corrected chi connectivity index (χ3v) is 7.04. The molecule has 4 saturated carbocycles. The average Bonchev–Trinajstić information content (AvgIpc) is 2.88. The summed E-state index contributed by atoms with van der Waals surface area (Å²) in [6.07, 6.45) is 5.39. The Hall–Kier alpha value is -2.14. The molecule has 6 rings (SSSR count). The summed E-state index contributed by atoms with van der Waals surface area (Å²) in [6.45, 7) is 3.94. The fourth-order valence-electron chi connectivity index (χ4n) is 6.37. The van der Waals surface area contributed by atoms with E-state index in [0.29, 0.717) is 18.3 Å².